The number of nitrogens with one attached hydrogen (secondary N) is 1. The summed E-state index contributed by atoms with van der Waals surface area (Å²) in [6, 6.07) is 2.21. The summed E-state index contributed by atoms with van der Waals surface area (Å²) in [5, 5.41) is 3.04. The van der Waals surface area contributed by atoms with Crippen LogP contribution in [0.15, 0.2) is 34.0 Å². The maximum Gasteiger partial charge on any atom is 0.435 e. The molecule has 0 saturated carbocycles. The van der Waals surface area contributed by atoms with E-state index < -0.39 is 40.8 Å². The number of aryl methyl sites for hydroxylation is 1. The smallest absolute Gasteiger partial charge is 0.332 e. The summed E-state index contributed by atoms with van der Waals surface area (Å²) in [6.07, 6.45) is -7.99. The molecule has 0 atom stereocenters. The van der Waals surface area contributed by atoms with E-state index in [0.29, 0.717) is 19.4 Å². The number of alkyl halides is 6. The van der Waals surface area contributed by atoms with E-state index in [9.17, 15) is 35.9 Å². The van der Waals surface area contributed by atoms with E-state index >= 15 is 0 Å². The molecular weight excluding hydrogens is 496 g/mol. The van der Waals surface area contributed by atoms with Gasteiger partial charge in [-0.1, -0.05) is 13.8 Å². The van der Waals surface area contributed by atoms with Gasteiger partial charge in [-0.3, -0.25) is 13.9 Å². The zero-order chi connectivity index (χ0) is 26.4. The minimum absolute atomic E-state index is 0.0631. The lowest BCUT2D eigenvalue weighted by Crippen LogP contribution is -2.40. The lowest BCUT2D eigenvalue weighted by atomic mass is 10.2. The van der Waals surface area contributed by atoms with E-state index in [4.69, 9.17) is 0 Å². The number of aromatic amines is 1. The summed E-state index contributed by atoms with van der Waals surface area (Å²) in [6.45, 7) is 4.15. The number of halogens is 6. The third kappa shape index (κ3) is 4.40. The Balaban J connectivity index is 1.81. The molecule has 0 bridgehead atoms. The second-order valence-electron chi connectivity index (χ2n) is 7.90. The van der Waals surface area contributed by atoms with E-state index in [1.54, 1.807) is 0 Å². The summed E-state index contributed by atoms with van der Waals surface area (Å²) < 4.78 is 81.4. The average Bonchev–Trinajstić information content (AvgIpc) is 3.45. The third-order valence-corrected chi connectivity index (χ3v) is 5.28. The van der Waals surface area contributed by atoms with Gasteiger partial charge >= 0.3 is 18.0 Å². The van der Waals surface area contributed by atoms with Gasteiger partial charge in [0.2, 0.25) is 0 Å². The second-order valence-corrected chi connectivity index (χ2v) is 7.90. The van der Waals surface area contributed by atoms with Crippen molar-refractivity contribution in [2.45, 2.75) is 52.1 Å². The van der Waals surface area contributed by atoms with Gasteiger partial charge in [0.25, 0.3) is 5.56 Å². The lowest BCUT2D eigenvalue weighted by Gasteiger charge is -2.09. The van der Waals surface area contributed by atoms with E-state index in [2.05, 4.69) is 20.1 Å². The maximum atomic E-state index is 13.3. The third-order valence-electron chi connectivity index (χ3n) is 5.28. The zero-order valence-corrected chi connectivity index (χ0v) is 18.9. The number of H-pyrrole nitrogens is 1. The van der Waals surface area contributed by atoms with Crippen molar-refractivity contribution < 1.29 is 26.3 Å². The first kappa shape index (κ1) is 25.2. The summed E-state index contributed by atoms with van der Waals surface area (Å²) >= 11 is 0. The van der Waals surface area contributed by atoms with Crippen LogP contribution in [-0.4, -0.2) is 33.9 Å². The fraction of sp³-hybridized carbons (Fsp3) is 0.381. The predicted molar refractivity (Wildman–Crippen MR) is 116 cm³/mol. The average molecular weight is 515 g/mol. The van der Waals surface area contributed by atoms with E-state index in [1.807, 2.05) is 13.8 Å². The lowest BCUT2D eigenvalue weighted by molar-refractivity contribution is -0.143. The Hall–Kier alpha value is -3.91. The number of fused-ring (bicyclic) bond motifs is 1. The van der Waals surface area contributed by atoms with E-state index in [1.165, 1.54) is 10.6 Å². The fourth-order valence-corrected chi connectivity index (χ4v) is 3.70. The molecule has 0 aliphatic carbocycles. The molecule has 4 rings (SSSR count). The molecule has 0 aliphatic rings. The highest BCUT2D eigenvalue weighted by Crippen LogP contribution is 2.36. The van der Waals surface area contributed by atoms with Crippen molar-refractivity contribution in [3.8, 4) is 17.2 Å². The number of rotatable bonds is 6. The summed E-state index contributed by atoms with van der Waals surface area (Å²) in [5.41, 5.74) is -4.03. The molecule has 15 heteroatoms. The van der Waals surface area contributed by atoms with Crippen molar-refractivity contribution in [2.24, 2.45) is 0 Å². The van der Waals surface area contributed by atoms with Crippen LogP contribution in [0.3, 0.4) is 0 Å². The largest absolute Gasteiger partial charge is 0.435 e. The molecule has 0 spiro atoms. The quantitative estimate of drug-likeness (QED) is 0.391. The van der Waals surface area contributed by atoms with Crippen LogP contribution >= 0.6 is 0 Å². The first-order valence-electron chi connectivity index (χ1n) is 10.8. The predicted octanol–water partition coefficient (Wildman–Crippen LogP) is 3.99. The molecule has 0 saturated heterocycles. The Kier molecular flexibility index (Phi) is 6.26. The van der Waals surface area contributed by atoms with Gasteiger partial charge in [0.1, 0.15) is 11.3 Å². The molecule has 4 aromatic rings. The highest BCUT2D eigenvalue weighted by Gasteiger charge is 2.42. The van der Waals surface area contributed by atoms with Crippen LogP contribution < -0.4 is 11.2 Å². The van der Waals surface area contributed by atoms with Gasteiger partial charge in [-0.25, -0.2) is 19.4 Å². The van der Waals surface area contributed by atoms with Crippen LogP contribution in [0.4, 0.5) is 26.3 Å². The fourth-order valence-electron chi connectivity index (χ4n) is 3.70. The van der Waals surface area contributed by atoms with E-state index in [0.717, 1.165) is 16.8 Å². The number of aromatic nitrogens is 7. The number of imidazole rings is 1. The summed E-state index contributed by atoms with van der Waals surface area (Å²) in [5.74, 6) is -0.405. The van der Waals surface area contributed by atoms with Crippen LogP contribution in [0.25, 0.3) is 28.4 Å². The number of hydrogen-bond donors (Lipinski definition) is 1. The SMILES string of the molecule is CCCn1c(=O)c2[nH]c(-c3ccc(-n4nc(C(F)(F)F)cc4C(F)(F)F)nc3)nc2n(CCC)c1=O. The molecule has 192 valence electrons. The first-order chi connectivity index (χ1) is 16.9. The minimum Gasteiger partial charge on any atom is -0.332 e. The van der Waals surface area contributed by atoms with Crippen molar-refractivity contribution in [1.29, 1.82) is 0 Å². The van der Waals surface area contributed by atoms with Gasteiger partial charge in [0.05, 0.1) is 0 Å². The highest BCUT2D eigenvalue weighted by atomic mass is 19.4. The Morgan fingerprint density at radius 1 is 0.944 bits per heavy atom. The number of hydrogen-bond acceptors (Lipinski definition) is 5. The first-order valence-corrected chi connectivity index (χ1v) is 10.8. The standard InChI is InChI=1S/C21H19F6N7O2/c1-3-7-32-17-15(18(35)33(8-4-2)19(32)36)29-16(30-17)11-5-6-14(28-10-11)34-13(21(25,26)27)9-12(31-34)20(22,23)24/h5-6,9-10H,3-4,7-8H2,1-2H3,(H,29,30). The molecule has 4 heterocycles. The highest BCUT2D eigenvalue weighted by molar-refractivity contribution is 5.75. The van der Waals surface area contributed by atoms with Crippen molar-refractivity contribution in [1.82, 2.24) is 33.9 Å². The van der Waals surface area contributed by atoms with Crippen LogP contribution in [0.1, 0.15) is 38.1 Å². The topological polar surface area (TPSA) is 103 Å². The summed E-state index contributed by atoms with van der Waals surface area (Å²) in [4.78, 5) is 36.6. The molecule has 4 aromatic heterocycles. The zero-order valence-electron chi connectivity index (χ0n) is 18.9. The monoisotopic (exact) mass is 515 g/mol. The molecule has 0 unspecified atom stereocenters. The van der Waals surface area contributed by atoms with Crippen molar-refractivity contribution in [2.75, 3.05) is 0 Å². The van der Waals surface area contributed by atoms with Gasteiger partial charge in [-0.2, -0.15) is 31.4 Å². The van der Waals surface area contributed by atoms with Crippen molar-refractivity contribution in [3.63, 3.8) is 0 Å². The normalized spacial score (nSPS) is 12.6. The molecular formula is C21H19F6N7O2. The van der Waals surface area contributed by atoms with Gasteiger partial charge < -0.3 is 4.98 Å². The van der Waals surface area contributed by atoms with Crippen LogP contribution in [0.2, 0.25) is 0 Å². The molecule has 9 nitrogen and oxygen atoms in total. The second kappa shape index (κ2) is 8.95. The molecule has 0 aliphatic heterocycles. The molecule has 0 radical (unpaired) electrons. The van der Waals surface area contributed by atoms with Gasteiger partial charge in [0, 0.05) is 30.9 Å². The Morgan fingerprint density at radius 2 is 1.61 bits per heavy atom. The van der Waals surface area contributed by atoms with Gasteiger partial charge in [-0.15, -0.1) is 0 Å². The minimum atomic E-state index is -5.11. The Morgan fingerprint density at radius 3 is 2.17 bits per heavy atom. The van der Waals surface area contributed by atoms with Crippen LogP contribution in [-0.2, 0) is 25.4 Å². The molecule has 0 fully saturated rings. The molecule has 0 amide bonds. The number of nitrogens with zero attached hydrogens (tertiary/aromatic N) is 6. The van der Waals surface area contributed by atoms with E-state index in [-0.39, 0.29) is 39.8 Å². The maximum absolute atomic E-state index is 13.3. The van der Waals surface area contributed by atoms with Gasteiger partial charge in [-0.05, 0) is 25.0 Å². The Bertz CT molecular complexity index is 1520. The molecule has 0 aromatic carbocycles. The van der Waals surface area contributed by atoms with Gasteiger partial charge in [0.15, 0.2) is 22.9 Å². The van der Waals surface area contributed by atoms with Crippen molar-refractivity contribution >= 4 is 11.2 Å². The summed E-state index contributed by atoms with van der Waals surface area (Å²) in [7, 11) is 0. The van der Waals surface area contributed by atoms with Crippen molar-refractivity contribution in [3.05, 3.63) is 56.6 Å². The number of pyridine rings is 1. The molecule has 36 heavy (non-hydrogen) atoms. The molecule has 1 N–H and O–H groups in total. The van der Waals surface area contributed by atoms with Crippen LogP contribution in [0.5, 0.6) is 0 Å². The van der Waals surface area contributed by atoms with Crippen LogP contribution in [0, 0.1) is 0 Å². The Labute approximate surface area is 198 Å².